The Hall–Kier alpha value is -1.27. The third-order valence-corrected chi connectivity index (χ3v) is 2.17. The number of hydrogen-bond donors (Lipinski definition) is 1. The summed E-state index contributed by atoms with van der Waals surface area (Å²) in [4.78, 5) is 0.353. The minimum atomic E-state index is -0.283. The molecule has 1 aromatic rings. The highest BCUT2D eigenvalue weighted by Crippen LogP contribution is 2.19. The van der Waals surface area contributed by atoms with Crippen LogP contribution in [0.15, 0.2) is 29.2 Å². The average Bonchev–Trinajstić information content (AvgIpc) is 2.17. The first kappa shape index (κ1) is 9.82. The van der Waals surface area contributed by atoms with Gasteiger partial charge in [0.05, 0.1) is 4.91 Å². The number of halogens is 1. The van der Waals surface area contributed by atoms with E-state index in [1.54, 1.807) is 19.1 Å². The SMILES string of the molecule is C/C(=C(\S)C#N)c1ccc(F)cc1. The van der Waals surface area contributed by atoms with Gasteiger partial charge in [0.25, 0.3) is 0 Å². The lowest BCUT2D eigenvalue weighted by Crippen LogP contribution is -1.82. The van der Waals surface area contributed by atoms with Crippen molar-refractivity contribution in [3.8, 4) is 6.07 Å². The van der Waals surface area contributed by atoms with E-state index in [2.05, 4.69) is 12.6 Å². The third kappa shape index (κ3) is 2.33. The van der Waals surface area contributed by atoms with Gasteiger partial charge < -0.3 is 0 Å². The van der Waals surface area contributed by atoms with Crippen molar-refractivity contribution in [1.29, 1.82) is 5.26 Å². The van der Waals surface area contributed by atoms with Crippen LogP contribution in [-0.2, 0) is 0 Å². The molecule has 1 nitrogen and oxygen atoms in total. The van der Waals surface area contributed by atoms with E-state index in [0.29, 0.717) is 4.91 Å². The molecule has 0 aliphatic carbocycles. The molecule has 1 aromatic carbocycles. The van der Waals surface area contributed by atoms with Crippen LogP contribution in [0.4, 0.5) is 4.39 Å². The first-order valence-electron chi connectivity index (χ1n) is 3.71. The van der Waals surface area contributed by atoms with Gasteiger partial charge in [0.15, 0.2) is 0 Å². The molecule has 0 heterocycles. The molecule has 0 unspecified atom stereocenters. The fourth-order valence-electron chi connectivity index (χ4n) is 0.920. The quantitative estimate of drug-likeness (QED) is 0.538. The van der Waals surface area contributed by atoms with Crippen molar-refractivity contribution in [2.45, 2.75) is 6.92 Å². The van der Waals surface area contributed by atoms with Crippen LogP contribution in [0.25, 0.3) is 5.57 Å². The third-order valence-electron chi connectivity index (χ3n) is 1.74. The summed E-state index contributed by atoms with van der Waals surface area (Å²) in [5, 5.41) is 8.56. The predicted molar refractivity (Wildman–Crippen MR) is 53.6 cm³/mol. The normalized spacial score (nSPS) is 11.8. The molecule has 0 atom stereocenters. The topological polar surface area (TPSA) is 23.8 Å². The lowest BCUT2D eigenvalue weighted by molar-refractivity contribution is 0.627. The lowest BCUT2D eigenvalue weighted by atomic mass is 10.1. The molecule has 0 amide bonds. The van der Waals surface area contributed by atoms with Gasteiger partial charge in [0.2, 0.25) is 0 Å². The van der Waals surface area contributed by atoms with Crippen molar-refractivity contribution < 1.29 is 4.39 Å². The second-order valence-electron chi connectivity index (χ2n) is 2.59. The highest BCUT2D eigenvalue weighted by atomic mass is 32.1. The van der Waals surface area contributed by atoms with Crippen LogP contribution in [0.2, 0.25) is 0 Å². The van der Waals surface area contributed by atoms with Gasteiger partial charge in [-0.25, -0.2) is 4.39 Å². The van der Waals surface area contributed by atoms with Crippen molar-refractivity contribution in [2.75, 3.05) is 0 Å². The Labute approximate surface area is 81.9 Å². The van der Waals surface area contributed by atoms with Gasteiger partial charge in [0, 0.05) is 0 Å². The van der Waals surface area contributed by atoms with Gasteiger partial charge in [-0.05, 0) is 30.2 Å². The molecule has 0 aliphatic heterocycles. The van der Waals surface area contributed by atoms with Gasteiger partial charge in [-0.15, -0.1) is 12.6 Å². The van der Waals surface area contributed by atoms with E-state index < -0.39 is 0 Å². The van der Waals surface area contributed by atoms with Crippen molar-refractivity contribution in [3.63, 3.8) is 0 Å². The van der Waals surface area contributed by atoms with Crippen LogP contribution in [-0.4, -0.2) is 0 Å². The van der Waals surface area contributed by atoms with Crippen LogP contribution in [0, 0.1) is 17.1 Å². The van der Waals surface area contributed by atoms with E-state index >= 15 is 0 Å². The van der Waals surface area contributed by atoms with Crippen molar-refractivity contribution in [3.05, 3.63) is 40.6 Å². The minimum absolute atomic E-state index is 0.283. The number of thiol groups is 1. The highest BCUT2D eigenvalue weighted by molar-refractivity contribution is 7.85. The second-order valence-corrected chi connectivity index (χ2v) is 3.04. The molecule has 0 saturated heterocycles. The molecule has 66 valence electrons. The van der Waals surface area contributed by atoms with E-state index in [4.69, 9.17) is 5.26 Å². The first-order chi connectivity index (χ1) is 6.15. The van der Waals surface area contributed by atoms with Crippen LogP contribution in [0.5, 0.6) is 0 Å². The summed E-state index contributed by atoms with van der Waals surface area (Å²) < 4.78 is 12.5. The van der Waals surface area contributed by atoms with Gasteiger partial charge in [-0.3, -0.25) is 0 Å². The molecule has 0 saturated carbocycles. The summed E-state index contributed by atoms with van der Waals surface area (Å²) in [6.07, 6.45) is 0. The average molecular weight is 193 g/mol. The molecular formula is C10H8FNS. The summed E-state index contributed by atoms with van der Waals surface area (Å²) in [5.41, 5.74) is 1.57. The molecule has 3 heteroatoms. The molecule has 1 rings (SSSR count). The summed E-state index contributed by atoms with van der Waals surface area (Å²) in [5.74, 6) is -0.283. The Morgan fingerprint density at radius 2 is 1.92 bits per heavy atom. The Bertz CT molecular complexity index is 373. The van der Waals surface area contributed by atoms with E-state index in [0.717, 1.165) is 11.1 Å². The fraction of sp³-hybridized carbons (Fsp3) is 0.100. The van der Waals surface area contributed by atoms with E-state index in [1.165, 1.54) is 12.1 Å². The zero-order chi connectivity index (χ0) is 9.84. The molecule has 0 spiro atoms. The molecule has 0 aromatic heterocycles. The summed E-state index contributed by atoms with van der Waals surface area (Å²) >= 11 is 3.99. The second kappa shape index (κ2) is 4.11. The monoisotopic (exact) mass is 193 g/mol. The smallest absolute Gasteiger partial charge is 0.123 e. The first-order valence-corrected chi connectivity index (χ1v) is 4.15. The maximum Gasteiger partial charge on any atom is 0.123 e. The van der Waals surface area contributed by atoms with Gasteiger partial charge >= 0.3 is 0 Å². The van der Waals surface area contributed by atoms with Gasteiger partial charge in [0.1, 0.15) is 11.9 Å². The maximum atomic E-state index is 12.5. The van der Waals surface area contributed by atoms with Crippen molar-refractivity contribution in [2.24, 2.45) is 0 Å². The Balaban J connectivity index is 3.12. The molecule has 13 heavy (non-hydrogen) atoms. The summed E-state index contributed by atoms with van der Waals surface area (Å²) in [7, 11) is 0. The van der Waals surface area contributed by atoms with Crippen molar-refractivity contribution in [1.82, 2.24) is 0 Å². The molecule has 0 N–H and O–H groups in total. The minimum Gasteiger partial charge on any atom is -0.207 e. The van der Waals surface area contributed by atoms with Crippen LogP contribution >= 0.6 is 12.6 Å². The number of benzene rings is 1. The van der Waals surface area contributed by atoms with Crippen LogP contribution in [0.3, 0.4) is 0 Å². The van der Waals surface area contributed by atoms with E-state index in [9.17, 15) is 4.39 Å². The number of nitrogens with zero attached hydrogens (tertiary/aromatic N) is 1. The molecule has 0 bridgehead atoms. The fourth-order valence-corrected chi connectivity index (χ4v) is 1.05. The van der Waals surface area contributed by atoms with Gasteiger partial charge in [-0.2, -0.15) is 5.26 Å². The Morgan fingerprint density at radius 3 is 2.38 bits per heavy atom. The van der Waals surface area contributed by atoms with E-state index in [1.807, 2.05) is 6.07 Å². The molecule has 0 aliphatic rings. The zero-order valence-electron chi connectivity index (χ0n) is 7.08. The lowest BCUT2D eigenvalue weighted by Gasteiger charge is -2.00. The van der Waals surface area contributed by atoms with Gasteiger partial charge in [-0.1, -0.05) is 12.1 Å². The largest absolute Gasteiger partial charge is 0.207 e. The highest BCUT2D eigenvalue weighted by Gasteiger charge is 2.00. The number of rotatable bonds is 1. The zero-order valence-corrected chi connectivity index (χ0v) is 7.98. The van der Waals surface area contributed by atoms with Crippen LogP contribution in [0.1, 0.15) is 12.5 Å². The number of allylic oxidation sites excluding steroid dienone is 2. The standard InChI is InChI=1S/C10H8FNS/c1-7(10(13)6-12)8-2-4-9(11)5-3-8/h2-5,13H,1H3/b10-7+. The summed E-state index contributed by atoms with van der Waals surface area (Å²) in [6, 6.07) is 7.89. The Morgan fingerprint density at radius 1 is 1.38 bits per heavy atom. The number of nitriles is 1. The maximum absolute atomic E-state index is 12.5. The van der Waals surface area contributed by atoms with Crippen molar-refractivity contribution >= 4 is 18.2 Å². The molecule has 0 radical (unpaired) electrons. The predicted octanol–water partition coefficient (Wildman–Crippen LogP) is 3.01. The molecule has 0 fully saturated rings. The van der Waals surface area contributed by atoms with E-state index in [-0.39, 0.29) is 5.82 Å². The summed E-state index contributed by atoms with van der Waals surface area (Å²) in [6.45, 7) is 1.78. The molecular weight excluding hydrogens is 185 g/mol. The van der Waals surface area contributed by atoms with Crippen LogP contribution < -0.4 is 0 Å². The number of hydrogen-bond acceptors (Lipinski definition) is 2. The Kier molecular flexibility index (Phi) is 3.10.